The molecule has 0 aromatic heterocycles. The van der Waals surface area contributed by atoms with Crippen LogP contribution in [0.2, 0.25) is 0 Å². The summed E-state index contributed by atoms with van der Waals surface area (Å²) in [4.78, 5) is 35.6. The molecule has 9 nitrogen and oxygen atoms in total. The Labute approximate surface area is 446 Å². The molecule has 0 aliphatic heterocycles. The first-order chi connectivity index (χ1) is 35.0. The number of esters is 2. The highest BCUT2D eigenvalue weighted by molar-refractivity contribution is 7.47. The van der Waals surface area contributed by atoms with Gasteiger partial charge in [-0.25, -0.2) is 4.57 Å². The van der Waals surface area contributed by atoms with Gasteiger partial charge in [-0.05, 0) is 70.6 Å². The first kappa shape index (κ1) is 70.2. The van der Waals surface area contributed by atoms with Crippen molar-refractivity contribution >= 4 is 19.8 Å². The monoisotopic (exact) mass is 1040 g/mol. The third-order valence-electron chi connectivity index (χ3n) is 13.6. The number of carbonyl (C=O) groups excluding carboxylic acids is 2. The van der Waals surface area contributed by atoms with Crippen LogP contribution < -0.4 is 0 Å². The van der Waals surface area contributed by atoms with Crippen molar-refractivity contribution in [1.29, 1.82) is 0 Å². The number of carbonyl (C=O) groups is 2. The number of hydrogen-bond acceptors (Lipinski definition) is 7. The van der Waals surface area contributed by atoms with Crippen molar-refractivity contribution in [3.05, 3.63) is 36.5 Å². The number of phosphoric acid groups is 1. The van der Waals surface area contributed by atoms with E-state index in [1.54, 1.807) is 0 Å². The molecule has 1 N–H and O–H groups in total. The van der Waals surface area contributed by atoms with Crippen LogP contribution in [0, 0.1) is 0 Å². The Morgan fingerprint density at radius 2 is 0.750 bits per heavy atom. The third-order valence-corrected chi connectivity index (χ3v) is 14.6. The van der Waals surface area contributed by atoms with E-state index >= 15 is 0 Å². The van der Waals surface area contributed by atoms with Crippen LogP contribution in [0.5, 0.6) is 0 Å². The van der Waals surface area contributed by atoms with Crippen LogP contribution in [-0.2, 0) is 32.7 Å². The van der Waals surface area contributed by atoms with E-state index in [1.807, 2.05) is 21.1 Å². The van der Waals surface area contributed by atoms with Gasteiger partial charge in [0.2, 0.25) is 0 Å². The van der Waals surface area contributed by atoms with Gasteiger partial charge in [0, 0.05) is 12.8 Å². The fourth-order valence-corrected chi connectivity index (χ4v) is 9.61. The molecule has 72 heavy (non-hydrogen) atoms. The smallest absolute Gasteiger partial charge is 0.462 e. The predicted molar refractivity (Wildman–Crippen MR) is 307 cm³/mol. The van der Waals surface area contributed by atoms with Crippen molar-refractivity contribution in [1.82, 2.24) is 0 Å². The van der Waals surface area contributed by atoms with Crippen LogP contribution >= 0.6 is 7.82 Å². The van der Waals surface area contributed by atoms with Crippen molar-refractivity contribution < 1.29 is 42.1 Å². The minimum atomic E-state index is -4.39. The van der Waals surface area contributed by atoms with E-state index in [2.05, 4.69) is 50.3 Å². The summed E-state index contributed by atoms with van der Waals surface area (Å²) in [6.07, 6.45) is 66.7. The molecule has 0 amide bonds. The molecule has 0 aliphatic rings. The average molecular weight is 1040 g/mol. The van der Waals surface area contributed by atoms with Gasteiger partial charge in [0.05, 0.1) is 27.7 Å². The van der Waals surface area contributed by atoms with Gasteiger partial charge in [-0.15, -0.1) is 0 Å². The molecule has 0 bridgehead atoms. The van der Waals surface area contributed by atoms with Crippen LogP contribution in [0.15, 0.2) is 36.5 Å². The standard InChI is InChI=1S/C62H118NO8P/c1-6-8-10-12-14-16-18-20-22-23-24-25-26-27-28-29-30-31-32-33-34-35-36-37-38-39-41-42-44-46-48-50-52-54-61(64)68-58-60(59-70-72(66,67)69-57-56-63(3,4)5)71-62(65)55-53-51-49-47-45-43-40-21-19-17-15-13-11-9-7-2/h15,17,21,23-24,40,60H,6-14,16,18-20,22,25-39,41-59H2,1-5H3/p+1/b17-15-,24-23-,40-21-. The summed E-state index contributed by atoms with van der Waals surface area (Å²) in [5.41, 5.74) is 0. The zero-order chi connectivity index (χ0) is 52.7. The number of phosphoric ester groups is 1. The lowest BCUT2D eigenvalue weighted by molar-refractivity contribution is -0.870. The Balaban J connectivity index is 3.97. The van der Waals surface area contributed by atoms with E-state index in [0.717, 1.165) is 57.8 Å². The lowest BCUT2D eigenvalue weighted by Gasteiger charge is -2.24. The summed E-state index contributed by atoms with van der Waals surface area (Å²) in [5, 5.41) is 0. The summed E-state index contributed by atoms with van der Waals surface area (Å²) in [6, 6.07) is 0. The van der Waals surface area contributed by atoms with Crippen molar-refractivity contribution in [2.75, 3.05) is 47.5 Å². The molecule has 0 heterocycles. The summed E-state index contributed by atoms with van der Waals surface area (Å²) in [6.45, 7) is 4.42. The molecule has 2 atom stereocenters. The van der Waals surface area contributed by atoms with E-state index in [1.165, 1.54) is 205 Å². The SMILES string of the molecule is CCCCC/C=C\C/C=C\CCCCCCCC(=O)OC(COC(=O)CCCCCCCCCCCCCCCCCCCCCCC/C=C\CCCCCCCCCC)COP(=O)(O)OCC[N+](C)(C)C. The second-order valence-corrected chi connectivity index (χ2v) is 23.5. The highest BCUT2D eigenvalue weighted by Crippen LogP contribution is 2.43. The van der Waals surface area contributed by atoms with Crippen molar-refractivity contribution in [2.24, 2.45) is 0 Å². The van der Waals surface area contributed by atoms with Gasteiger partial charge in [-0.1, -0.05) is 249 Å². The summed E-state index contributed by atoms with van der Waals surface area (Å²) >= 11 is 0. The second-order valence-electron chi connectivity index (χ2n) is 22.1. The molecule has 10 heteroatoms. The van der Waals surface area contributed by atoms with Crippen LogP contribution in [0.1, 0.15) is 296 Å². The maximum atomic E-state index is 12.8. The summed E-state index contributed by atoms with van der Waals surface area (Å²) in [7, 11) is 1.48. The van der Waals surface area contributed by atoms with Gasteiger partial charge in [0.25, 0.3) is 0 Å². The lowest BCUT2D eigenvalue weighted by atomic mass is 10.0. The number of allylic oxidation sites excluding steroid dienone is 6. The zero-order valence-corrected chi connectivity index (χ0v) is 49.1. The Morgan fingerprint density at radius 3 is 1.14 bits per heavy atom. The maximum absolute atomic E-state index is 12.8. The van der Waals surface area contributed by atoms with Crippen LogP contribution in [0.3, 0.4) is 0 Å². The first-order valence-corrected chi connectivity index (χ1v) is 32.2. The van der Waals surface area contributed by atoms with E-state index in [-0.39, 0.29) is 32.0 Å². The molecule has 0 aromatic rings. The molecule has 0 fully saturated rings. The van der Waals surface area contributed by atoms with Gasteiger partial charge in [-0.2, -0.15) is 0 Å². The summed E-state index contributed by atoms with van der Waals surface area (Å²) in [5.74, 6) is -0.801. The van der Waals surface area contributed by atoms with Crippen molar-refractivity contribution in [2.45, 2.75) is 302 Å². The first-order valence-electron chi connectivity index (χ1n) is 30.7. The fraction of sp³-hybridized carbons (Fsp3) is 0.871. The van der Waals surface area contributed by atoms with Gasteiger partial charge in [0.1, 0.15) is 19.8 Å². The van der Waals surface area contributed by atoms with Crippen molar-refractivity contribution in [3.63, 3.8) is 0 Å². The summed E-state index contributed by atoms with van der Waals surface area (Å²) < 4.78 is 34.5. The van der Waals surface area contributed by atoms with Crippen LogP contribution in [-0.4, -0.2) is 74.9 Å². The predicted octanol–water partition coefficient (Wildman–Crippen LogP) is 19.2. The topological polar surface area (TPSA) is 108 Å². The minimum Gasteiger partial charge on any atom is -0.462 e. The molecule has 0 radical (unpaired) electrons. The number of rotatable bonds is 57. The molecule has 2 unspecified atom stereocenters. The molecule has 0 spiro atoms. The van der Waals surface area contributed by atoms with Gasteiger partial charge in [-0.3, -0.25) is 18.6 Å². The number of ether oxygens (including phenoxy) is 2. The van der Waals surface area contributed by atoms with Gasteiger partial charge >= 0.3 is 19.8 Å². The molecule has 0 rings (SSSR count). The highest BCUT2D eigenvalue weighted by Gasteiger charge is 2.27. The lowest BCUT2D eigenvalue weighted by Crippen LogP contribution is -2.37. The average Bonchev–Trinajstić information content (AvgIpc) is 3.34. The second kappa shape index (κ2) is 54.0. The largest absolute Gasteiger partial charge is 0.472 e. The van der Waals surface area contributed by atoms with E-state index in [0.29, 0.717) is 17.4 Å². The molecule has 0 aliphatic carbocycles. The zero-order valence-electron chi connectivity index (χ0n) is 48.2. The van der Waals surface area contributed by atoms with E-state index < -0.39 is 26.5 Å². The normalized spacial score (nSPS) is 13.5. The quantitative estimate of drug-likeness (QED) is 0.0211. The van der Waals surface area contributed by atoms with Gasteiger partial charge < -0.3 is 18.9 Å². The fourth-order valence-electron chi connectivity index (χ4n) is 8.87. The Bertz CT molecular complexity index is 1310. The number of likely N-dealkylation sites (N-methyl/N-ethyl adjacent to an activating group) is 1. The Hall–Kier alpha value is -1.77. The van der Waals surface area contributed by atoms with E-state index in [9.17, 15) is 19.0 Å². The molecular weight excluding hydrogens is 918 g/mol. The van der Waals surface area contributed by atoms with Crippen LogP contribution in [0.4, 0.5) is 0 Å². The minimum absolute atomic E-state index is 0.0301. The molecule has 0 saturated heterocycles. The number of nitrogens with zero attached hydrogens (tertiary/aromatic N) is 1. The number of hydrogen-bond donors (Lipinski definition) is 1. The third kappa shape index (κ3) is 57.5. The number of quaternary nitrogens is 1. The molecule has 0 saturated carbocycles. The van der Waals surface area contributed by atoms with Crippen LogP contribution in [0.25, 0.3) is 0 Å². The highest BCUT2D eigenvalue weighted by atomic mass is 31.2. The van der Waals surface area contributed by atoms with Gasteiger partial charge in [0.15, 0.2) is 6.10 Å². The maximum Gasteiger partial charge on any atom is 0.472 e. The number of unbranched alkanes of at least 4 members (excludes halogenated alkanes) is 37. The molecular formula is C62H119NO8P+. The van der Waals surface area contributed by atoms with E-state index in [4.69, 9.17) is 18.5 Å². The Kier molecular flexibility index (Phi) is 52.7. The molecule has 424 valence electrons. The Morgan fingerprint density at radius 1 is 0.431 bits per heavy atom. The van der Waals surface area contributed by atoms with Crippen molar-refractivity contribution in [3.8, 4) is 0 Å². The molecule has 0 aromatic carbocycles.